The number of pyridine rings is 1. The molecular weight excluding hydrogens is 334 g/mol. The molecule has 3 rings (SSSR count). The van der Waals surface area contributed by atoms with Gasteiger partial charge in [-0.05, 0) is 30.3 Å². The number of sulfonamides is 1. The highest BCUT2D eigenvalue weighted by molar-refractivity contribution is 7.92. The van der Waals surface area contributed by atoms with E-state index in [1.165, 1.54) is 12.1 Å². The first-order chi connectivity index (χ1) is 11.4. The Bertz CT molecular complexity index is 1030. The lowest BCUT2D eigenvalue weighted by molar-refractivity contribution is -0.384. The number of nitro groups is 1. The largest absolute Gasteiger partial charge is 0.506 e. The van der Waals surface area contributed by atoms with E-state index in [1.54, 1.807) is 18.2 Å². The monoisotopic (exact) mass is 345 g/mol. The van der Waals surface area contributed by atoms with Crippen LogP contribution >= 0.6 is 0 Å². The fourth-order valence-electron chi connectivity index (χ4n) is 2.13. The molecule has 122 valence electrons. The summed E-state index contributed by atoms with van der Waals surface area (Å²) in [6.07, 6.45) is 0. The predicted octanol–water partition coefficient (Wildman–Crippen LogP) is 2.65. The fourth-order valence-corrected chi connectivity index (χ4v) is 3.13. The van der Waals surface area contributed by atoms with E-state index in [1.807, 2.05) is 0 Å². The van der Waals surface area contributed by atoms with E-state index in [0.29, 0.717) is 5.39 Å². The van der Waals surface area contributed by atoms with E-state index in [0.717, 1.165) is 24.3 Å². The van der Waals surface area contributed by atoms with Gasteiger partial charge in [-0.3, -0.25) is 14.8 Å². The Morgan fingerprint density at radius 1 is 1.04 bits per heavy atom. The van der Waals surface area contributed by atoms with E-state index in [9.17, 15) is 23.6 Å². The first-order valence-electron chi connectivity index (χ1n) is 6.73. The van der Waals surface area contributed by atoms with Crippen molar-refractivity contribution in [2.75, 3.05) is 4.72 Å². The van der Waals surface area contributed by atoms with Gasteiger partial charge in [0.25, 0.3) is 15.7 Å². The van der Waals surface area contributed by atoms with Crippen molar-refractivity contribution in [1.29, 1.82) is 0 Å². The van der Waals surface area contributed by atoms with Gasteiger partial charge in [0.2, 0.25) is 0 Å². The van der Waals surface area contributed by atoms with Crippen LogP contribution in [0.15, 0.2) is 59.5 Å². The molecule has 0 aliphatic carbocycles. The summed E-state index contributed by atoms with van der Waals surface area (Å²) >= 11 is 0. The summed E-state index contributed by atoms with van der Waals surface area (Å²) in [4.78, 5) is 14.0. The number of nitrogens with one attached hydrogen (secondary N) is 1. The van der Waals surface area contributed by atoms with Crippen LogP contribution in [0.1, 0.15) is 0 Å². The first kappa shape index (κ1) is 15.7. The van der Waals surface area contributed by atoms with Crippen LogP contribution in [-0.2, 0) is 10.0 Å². The Morgan fingerprint density at radius 3 is 2.42 bits per heavy atom. The van der Waals surface area contributed by atoms with Gasteiger partial charge < -0.3 is 5.11 Å². The van der Waals surface area contributed by atoms with Crippen molar-refractivity contribution in [1.82, 2.24) is 4.98 Å². The highest BCUT2D eigenvalue weighted by atomic mass is 32.2. The molecule has 2 aromatic carbocycles. The number of nitro benzene ring substituents is 1. The number of fused-ring (bicyclic) bond motifs is 1. The van der Waals surface area contributed by atoms with Gasteiger partial charge in [0, 0.05) is 17.5 Å². The van der Waals surface area contributed by atoms with Crippen molar-refractivity contribution < 1.29 is 18.4 Å². The Morgan fingerprint density at radius 2 is 1.75 bits per heavy atom. The molecule has 9 heteroatoms. The molecule has 0 saturated carbocycles. The summed E-state index contributed by atoms with van der Waals surface area (Å²) in [5.41, 5.74) is 0.0594. The van der Waals surface area contributed by atoms with Gasteiger partial charge in [0.05, 0.1) is 9.82 Å². The lowest BCUT2D eigenvalue weighted by Gasteiger charge is -2.08. The minimum Gasteiger partial charge on any atom is -0.506 e. The second-order valence-corrected chi connectivity index (χ2v) is 6.58. The summed E-state index contributed by atoms with van der Waals surface area (Å²) in [6, 6.07) is 12.4. The molecule has 0 spiro atoms. The highest BCUT2D eigenvalue weighted by Gasteiger charge is 2.17. The number of aromatic nitrogens is 1. The average Bonchev–Trinajstić information content (AvgIpc) is 2.55. The van der Waals surface area contributed by atoms with Crippen molar-refractivity contribution in [3.05, 3.63) is 64.7 Å². The Kier molecular flexibility index (Phi) is 3.78. The number of anilines is 1. The summed E-state index contributed by atoms with van der Waals surface area (Å²) < 4.78 is 26.9. The molecule has 8 nitrogen and oxygen atoms in total. The van der Waals surface area contributed by atoms with Crippen LogP contribution in [0.4, 0.5) is 11.5 Å². The standard InChI is InChI=1S/C15H11N3O5S/c19-13-3-1-2-10-4-9-14(16-15(10)13)17-24(22,23)12-7-5-11(6-8-12)18(20)21/h1-9,19H,(H,16,17). The van der Waals surface area contributed by atoms with E-state index >= 15 is 0 Å². The first-order valence-corrected chi connectivity index (χ1v) is 8.21. The molecule has 0 atom stereocenters. The minimum atomic E-state index is -3.95. The van der Waals surface area contributed by atoms with Crippen LogP contribution in [0.5, 0.6) is 5.75 Å². The molecule has 1 heterocycles. The van der Waals surface area contributed by atoms with Crippen LogP contribution in [-0.4, -0.2) is 23.4 Å². The van der Waals surface area contributed by atoms with Gasteiger partial charge in [-0.15, -0.1) is 0 Å². The maximum absolute atomic E-state index is 12.3. The third kappa shape index (κ3) is 2.97. The van der Waals surface area contributed by atoms with Crippen LogP contribution < -0.4 is 4.72 Å². The van der Waals surface area contributed by atoms with Crippen molar-refractivity contribution in [2.24, 2.45) is 0 Å². The third-order valence-corrected chi connectivity index (χ3v) is 4.67. The normalized spacial score (nSPS) is 11.3. The zero-order chi connectivity index (χ0) is 17.3. The summed E-state index contributed by atoms with van der Waals surface area (Å²) in [6.45, 7) is 0. The second-order valence-electron chi connectivity index (χ2n) is 4.90. The molecule has 0 bridgehead atoms. The smallest absolute Gasteiger partial charge is 0.269 e. The van der Waals surface area contributed by atoms with E-state index in [4.69, 9.17) is 0 Å². The molecule has 24 heavy (non-hydrogen) atoms. The van der Waals surface area contributed by atoms with Crippen LogP contribution in [0.3, 0.4) is 0 Å². The van der Waals surface area contributed by atoms with Crippen LogP contribution in [0.25, 0.3) is 10.9 Å². The maximum Gasteiger partial charge on any atom is 0.269 e. The number of non-ortho nitro benzene ring substituents is 1. The second kappa shape index (κ2) is 5.78. The van der Waals surface area contributed by atoms with E-state index < -0.39 is 14.9 Å². The SMILES string of the molecule is O=[N+]([O-])c1ccc(S(=O)(=O)Nc2ccc3cccc(O)c3n2)cc1. The van der Waals surface area contributed by atoms with Crippen LogP contribution in [0, 0.1) is 10.1 Å². The summed E-state index contributed by atoms with van der Waals surface area (Å²) in [7, 11) is -3.95. The van der Waals surface area contributed by atoms with Gasteiger partial charge in [-0.25, -0.2) is 13.4 Å². The molecule has 2 N–H and O–H groups in total. The predicted molar refractivity (Wildman–Crippen MR) is 87.3 cm³/mol. The van der Waals surface area contributed by atoms with Gasteiger partial charge in [0.1, 0.15) is 17.1 Å². The lowest BCUT2D eigenvalue weighted by Crippen LogP contribution is -2.13. The van der Waals surface area contributed by atoms with Crippen molar-refractivity contribution in [3.63, 3.8) is 0 Å². The van der Waals surface area contributed by atoms with E-state index in [-0.39, 0.29) is 27.7 Å². The van der Waals surface area contributed by atoms with Crippen molar-refractivity contribution in [3.8, 4) is 5.75 Å². The molecule has 3 aromatic rings. The molecule has 0 aliphatic rings. The number of benzene rings is 2. The lowest BCUT2D eigenvalue weighted by atomic mass is 10.2. The molecule has 0 amide bonds. The number of nitrogens with zero attached hydrogens (tertiary/aromatic N) is 2. The summed E-state index contributed by atoms with van der Waals surface area (Å²) in [5.74, 6) is -0.0359. The molecule has 0 unspecified atom stereocenters. The Balaban J connectivity index is 1.94. The number of phenolic OH excluding ortho intramolecular Hbond substituents is 1. The maximum atomic E-state index is 12.3. The Hall–Kier alpha value is -3.20. The fraction of sp³-hybridized carbons (Fsp3) is 0. The van der Waals surface area contributed by atoms with E-state index in [2.05, 4.69) is 9.71 Å². The zero-order valence-electron chi connectivity index (χ0n) is 12.1. The van der Waals surface area contributed by atoms with Crippen LogP contribution in [0.2, 0.25) is 0 Å². The number of aromatic hydroxyl groups is 1. The number of rotatable bonds is 4. The average molecular weight is 345 g/mol. The highest BCUT2D eigenvalue weighted by Crippen LogP contribution is 2.25. The quantitative estimate of drug-likeness (QED) is 0.553. The Labute approximate surface area is 136 Å². The molecule has 0 radical (unpaired) electrons. The number of hydrogen-bond donors (Lipinski definition) is 2. The number of phenols is 1. The minimum absolute atomic E-state index is 0.0300. The molecule has 0 aliphatic heterocycles. The van der Waals surface area contributed by atoms with Crippen molar-refractivity contribution >= 4 is 32.4 Å². The zero-order valence-corrected chi connectivity index (χ0v) is 12.9. The summed E-state index contributed by atoms with van der Waals surface area (Å²) in [5, 5.41) is 21.1. The van der Waals surface area contributed by atoms with Gasteiger partial charge in [-0.2, -0.15) is 0 Å². The van der Waals surface area contributed by atoms with Gasteiger partial charge in [-0.1, -0.05) is 12.1 Å². The molecule has 1 aromatic heterocycles. The van der Waals surface area contributed by atoms with Gasteiger partial charge in [0.15, 0.2) is 0 Å². The third-order valence-electron chi connectivity index (χ3n) is 3.30. The van der Waals surface area contributed by atoms with Crippen molar-refractivity contribution in [2.45, 2.75) is 4.90 Å². The molecule has 0 saturated heterocycles. The number of para-hydroxylation sites is 1. The molecular formula is C15H11N3O5S. The molecule has 0 fully saturated rings. The number of hydrogen-bond acceptors (Lipinski definition) is 6. The topological polar surface area (TPSA) is 122 Å². The van der Waals surface area contributed by atoms with Gasteiger partial charge >= 0.3 is 0 Å².